The van der Waals surface area contributed by atoms with Gasteiger partial charge in [0.25, 0.3) is 0 Å². The number of hydrogen-bond acceptors (Lipinski definition) is 6. The summed E-state index contributed by atoms with van der Waals surface area (Å²) < 4.78 is 0. The van der Waals surface area contributed by atoms with Crippen LogP contribution in [0.15, 0.2) is 18.3 Å². The Kier molecular flexibility index (Phi) is 5.31. The van der Waals surface area contributed by atoms with Crippen molar-refractivity contribution in [1.29, 1.82) is 5.26 Å². The van der Waals surface area contributed by atoms with Crippen molar-refractivity contribution < 1.29 is 14.4 Å². The fraction of sp³-hybridized carbons (Fsp3) is 0.471. The number of nitriles is 1. The molecule has 1 atom stereocenters. The third-order valence-electron chi connectivity index (χ3n) is 4.58. The highest BCUT2D eigenvalue weighted by Gasteiger charge is 2.29. The van der Waals surface area contributed by atoms with Crippen LogP contribution in [0.4, 0.5) is 10.6 Å². The van der Waals surface area contributed by atoms with Crippen molar-refractivity contribution in [3.8, 4) is 6.07 Å². The lowest BCUT2D eigenvalue weighted by Crippen LogP contribution is -2.52. The molecule has 0 unspecified atom stereocenters. The van der Waals surface area contributed by atoms with E-state index in [1.165, 1.54) is 0 Å². The molecule has 136 valence electrons. The number of anilines is 1. The van der Waals surface area contributed by atoms with Gasteiger partial charge in [0.05, 0.1) is 5.56 Å². The van der Waals surface area contributed by atoms with Crippen LogP contribution in [-0.2, 0) is 9.59 Å². The molecule has 1 aromatic rings. The summed E-state index contributed by atoms with van der Waals surface area (Å²) in [4.78, 5) is 41.6. The Hall–Kier alpha value is -3.15. The lowest BCUT2D eigenvalue weighted by Gasteiger charge is -2.34. The van der Waals surface area contributed by atoms with Crippen molar-refractivity contribution in [3.63, 3.8) is 0 Å². The highest BCUT2D eigenvalue weighted by Crippen LogP contribution is 2.21. The number of hydrogen-bond donors (Lipinski definition) is 3. The maximum atomic E-state index is 12.4. The van der Waals surface area contributed by atoms with Crippen LogP contribution in [0.3, 0.4) is 0 Å². The van der Waals surface area contributed by atoms with E-state index in [2.05, 4.69) is 27.0 Å². The van der Waals surface area contributed by atoms with E-state index in [4.69, 9.17) is 0 Å². The van der Waals surface area contributed by atoms with E-state index in [1.54, 1.807) is 18.3 Å². The Bertz CT molecular complexity index is 751. The maximum Gasteiger partial charge on any atom is 0.322 e. The second-order valence-corrected chi connectivity index (χ2v) is 6.37. The number of rotatable bonds is 3. The smallest absolute Gasteiger partial charge is 0.322 e. The van der Waals surface area contributed by atoms with Crippen LogP contribution >= 0.6 is 0 Å². The molecule has 0 aromatic carbocycles. The predicted molar refractivity (Wildman–Crippen MR) is 92.0 cm³/mol. The van der Waals surface area contributed by atoms with Crippen LogP contribution in [0.1, 0.15) is 31.2 Å². The summed E-state index contributed by atoms with van der Waals surface area (Å²) in [7, 11) is 0. The topological polar surface area (TPSA) is 127 Å². The number of piperidine rings is 1. The molecule has 9 nitrogen and oxygen atoms in total. The standard InChI is InChI=1S/C17H20N6O3/c18-10-11-2-1-7-19-15(11)23-8-5-12(6-9-23)20-16(25)13-3-4-14(24)22-17(26)21-13/h1-2,7,12-13H,3-6,8-9H2,(H,20,25)(H2,21,22,24,26)/t13-/m0/s1. The molecule has 2 saturated heterocycles. The van der Waals surface area contributed by atoms with Gasteiger partial charge in [-0.05, 0) is 31.4 Å². The first-order valence-corrected chi connectivity index (χ1v) is 8.57. The van der Waals surface area contributed by atoms with Gasteiger partial charge in [0.2, 0.25) is 11.8 Å². The Morgan fingerprint density at radius 1 is 1.31 bits per heavy atom. The maximum absolute atomic E-state index is 12.4. The molecule has 0 aliphatic carbocycles. The van der Waals surface area contributed by atoms with Crippen LogP contribution in [0.25, 0.3) is 0 Å². The van der Waals surface area contributed by atoms with E-state index in [1.807, 2.05) is 4.90 Å². The van der Waals surface area contributed by atoms with Crippen LogP contribution in [0.2, 0.25) is 0 Å². The van der Waals surface area contributed by atoms with Crippen molar-refractivity contribution in [2.24, 2.45) is 0 Å². The second kappa shape index (κ2) is 7.82. The molecule has 0 saturated carbocycles. The van der Waals surface area contributed by atoms with Gasteiger partial charge in [-0.15, -0.1) is 0 Å². The quantitative estimate of drug-likeness (QED) is 0.701. The lowest BCUT2D eigenvalue weighted by atomic mass is 10.0. The molecule has 2 aliphatic rings. The normalized spacial score (nSPS) is 21.2. The number of carbonyl (C=O) groups excluding carboxylic acids is 3. The third-order valence-corrected chi connectivity index (χ3v) is 4.58. The fourth-order valence-electron chi connectivity index (χ4n) is 3.20. The highest BCUT2D eigenvalue weighted by molar-refractivity contribution is 5.98. The molecule has 2 fully saturated rings. The van der Waals surface area contributed by atoms with Crippen molar-refractivity contribution in [3.05, 3.63) is 23.9 Å². The number of imide groups is 1. The van der Waals surface area contributed by atoms with Gasteiger partial charge in [-0.1, -0.05) is 0 Å². The monoisotopic (exact) mass is 356 g/mol. The molecule has 0 bridgehead atoms. The molecule has 0 radical (unpaired) electrons. The van der Waals surface area contributed by atoms with E-state index in [0.29, 0.717) is 37.3 Å². The predicted octanol–water partition coefficient (Wildman–Crippen LogP) is 0.0265. The van der Waals surface area contributed by atoms with Gasteiger partial charge >= 0.3 is 6.03 Å². The van der Waals surface area contributed by atoms with Gasteiger partial charge < -0.3 is 15.5 Å². The second-order valence-electron chi connectivity index (χ2n) is 6.37. The van der Waals surface area contributed by atoms with E-state index in [0.717, 1.165) is 0 Å². The summed E-state index contributed by atoms with van der Waals surface area (Å²) >= 11 is 0. The SMILES string of the molecule is N#Cc1cccnc1N1CCC(NC(=O)[C@@H]2CCC(=O)NC(=O)N2)CC1. The summed E-state index contributed by atoms with van der Waals surface area (Å²) in [6, 6.07) is 4.25. The van der Waals surface area contributed by atoms with E-state index in [9.17, 15) is 19.6 Å². The average molecular weight is 356 g/mol. The van der Waals surface area contributed by atoms with Crippen molar-refractivity contribution in [2.45, 2.75) is 37.8 Å². The van der Waals surface area contributed by atoms with Gasteiger partial charge in [-0.2, -0.15) is 5.26 Å². The molecular formula is C17H20N6O3. The van der Waals surface area contributed by atoms with Crippen LogP contribution in [-0.4, -0.2) is 48.0 Å². The molecule has 2 aliphatic heterocycles. The number of nitrogens with zero attached hydrogens (tertiary/aromatic N) is 3. The van der Waals surface area contributed by atoms with Crippen LogP contribution in [0.5, 0.6) is 0 Å². The first kappa shape index (κ1) is 17.7. The van der Waals surface area contributed by atoms with Gasteiger partial charge in [0.15, 0.2) is 0 Å². The minimum Gasteiger partial charge on any atom is -0.355 e. The van der Waals surface area contributed by atoms with Crippen LogP contribution in [0, 0.1) is 11.3 Å². The molecule has 9 heteroatoms. The lowest BCUT2D eigenvalue weighted by molar-refractivity contribution is -0.124. The zero-order chi connectivity index (χ0) is 18.5. The molecule has 3 heterocycles. The average Bonchev–Trinajstić information content (AvgIpc) is 2.82. The van der Waals surface area contributed by atoms with E-state index in [-0.39, 0.29) is 30.7 Å². The molecule has 0 spiro atoms. The molecule has 3 rings (SSSR count). The van der Waals surface area contributed by atoms with E-state index >= 15 is 0 Å². The Labute approximate surface area is 150 Å². The number of aromatic nitrogens is 1. The van der Waals surface area contributed by atoms with Crippen molar-refractivity contribution in [1.82, 2.24) is 20.9 Å². The van der Waals surface area contributed by atoms with Crippen molar-refractivity contribution >= 4 is 23.7 Å². The highest BCUT2D eigenvalue weighted by atomic mass is 16.2. The summed E-state index contributed by atoms with van der Waals surface area (Å²) in [6.07, 6.45) is 3.50. The van der Waals surface area contributed by atoms with Gasteiger partial charge in [-0.25, -0.2) is 9.78 Å². The minimum absolute atomic E-state index is 0.0168. The number of nitrogens with one attached hydrogen (secondary N) is 3. The van der Waals surface area contributed by atoms with Gasteiger partial charge in [0, 0.05) is 31.7 Å². The Morgan fingerprint density at radius 3 is 2.81 bits per heavy atom. The van der Waals surface area contributed by atoms with Crippen LogP contribution < -0.4 is 20.9 Å². The number of amides is 4. The number of carbonyl (C=O) groups is 3. The van der Waals surface area contributed by atoms with Gasteiger partial charge in [-0.3, -0.25) is 14.9 Å². The van der Waals surface area contributed by atoms with E-state index < -0.39 is 12.1 Å². The summed E-state index contributed by atoms with van der Waals surface area (Å²) in [6.45, 7) is 1.35. The van der Waals surface area contributed by atoms with Gasteiger partial charge in [0.1, 0.15) is 17.9 Å². The van der Waals surface area contributed by atoms with Crippen molar-refractivity contribution in [2.75, 3.05) is 18.0 Å². The number of pyridine rings is 1. The first-order valence-electron chi connectivity index (χ1n) is 8.57. The zero-order valence-electron chi connectivity index (χ0n) is 14.2. The molecule has 4 amide bonds. The number of urea groups is 1. The minimum atomic E-state index is -0.708. The first-order chi connectivity index (χ1) is 12.6. The Balaban J connectivity index is 1.54. The zero-order valence-corrected chi connectivity index (χ0v) is 14.2. The molecular weight excluding hydrogens is 336 g/mol. The molecule has 3 N–H and O–H groups in total. The molecule has 26 heavy (non-hydrogen) atoms. The summed E-state index contributed by atoms with van der Waals surface area (Å²) in [5.41, 5.74) is 0.535. The summed E-state index contributed by atoms with van der Waals surface area (Å²) in [5.74, 6) is 0.0130. The Morgan fingerprint density at radius 2 is 2.08 bits per heavy atom. The molecule has 1 aromatic heterocycles. The summed E-state index contributed by atoms with van der Waals surface area (Å²) in [5, 5.41) is 16.8. The third kappa shape index (κ3) is 4.08. The fourth-order valence-corrected chi connectivity index (χ4v) is 3.20. The largest absolute Gasteiger partial charge is 0.355 e.